The fourth-order valence-corrected chi connectivity index (χ4v) is 3.42. The molecular formula is C15H18Br2N2O. The van der Waals surface area contributed by atoms with E-state index in [1.165, 1.54) is 11.1 Å². The maximum Gasteiger partial charge on any atom is 0.248 e. The Kier molecular flexibility index (Phi) is 4.13. The van der Waals surface area contributed by atoms with Crippen molar-refractivity contribution in [2.24, 2.45) is 10.5 Å². The Morgan fingerprint density at radius 2 is 1.90 bits per heavy atom. The summed E-state index contributed by atoms with van der Waals surface area (Å²) in [7, 11) is 0. The van der Waals surface area contributed by atoms with Crippen LogP contribution in [0.3, 0.4) is 0 Å². The lowest BCUT2D eigenvalue weighted by Gasteiger charge is -2.11. The summed E-state index contributed by atoms with van der Waals surface area (Å²) in [6.45, 7) is 7.95. The first-order valence-electron chi connectivity index (χ1n) is 6.47. The number of hydrogen-bond acceptors (Lipinski definition) is 2. The molecule has 1 saturated carbocycles. The molecule has 1 aromatic carbocycles. The largest absolute Gasteiger partial charge is 0.272 e. The first-order chi connectivity index (χ1) is 9.17. The van der Waals surface area contributed by atoms with Crippen LogP contribution in [0, 0.1) is 19.3 Å². The molecule has 0 aliphatic heterocycles. The third-order valence-electron chi connectivity index (χ3n) is 4.01. The predicted molar refractivity (Wildman–Crippen MR) is 89.6 cm³/mol. The molecule has 1 aliphatic carbocycles. The Morgan fingerprint density at radius 1 is 1.30 bits per heavy atom. The van der Waals surface area contributed by atoms with E-state index in [-0.39, 0.29) is 9.14 Å². The molecule has 108 valence electrons. The summed E-state index contributed by atoms with van der Waals surface area (Å²) < 4.78 is -0.291. The third kappa shape index (κ3) is 2.84. The van der Waals surface area contributed by atoms with Crippen molar-refractivity contribution < 1.29 is 4.79 Å². The van der Waals surface area contributed by atoms with Gasteiger partial charge in [-0.05, 0) is 56.9 Å². The lowest BCUT2D eigenvalue weighted by molar-refractivity contribution is -0.125. The summed E-state index contributed by atoms with van der Waals surface area (Å²) in [6.07, 6.45) is 0.754. The third-order valence-corrected chi connectivity index (χ3v) is 6.32. The average molecular weight is 402 g/mol. The van der Waals surface area contributed by atoms with Crippen molar-refractivity contribution in [3.8, 4) is 0 Å². The van der Waals surface area contributed by atoms with E-state index in [1.807, 2.05) is 19.9 Å². The summed E-state index contributed by atoms with van der Waals surface area (Å²) in [4.78, 5) is 12.1. The highest BCUT2D eigenvalue weighted by Gasteiger charge is 2.66. The lowest BCUT2D eigenvalue weighted by atomic mass is 10.0. The van der Waals surface area contributed by atoms with Crippen molar-refractivity contribution in [1.82, 2.24) is 5.43 Å². The van der Waals surface area contributed by atoms with Gasteiger partial charge in [0.1, 0.15) is 0 Å². The molecule has 1 N–H and O–H groups in total. The number of nitrogens with zero attached hydrogens (tertiary/aromatic N) is 1. The summed E-state index contributed by atoms with van der Waals surface area (Å²) in [5.74, 6) is -0.0746. The normalized spacial score (nSPS) is 24.4. The molecule has 1 fully saturated rings. The molecule has 1 amide bonds. The zero-order valence-corrected chi connectivity index (χ0v) is 15.2. The van der Waals surface area contributed by atoms with Crippen molar-refractivity contribution in [3.05, 3.63) is 34.9 Å². The minimum atomic E-state index is -0.444. The predicted octanol–water partition coefficient (Wildman–Crippen LogP) is 4.04. The van der Waals surface area contributed by atoms with Crippen LogP contribution in [-0.2, 0) is 4.79 Å². The zero-order valence-electron chi connectivity index (χ0n) is 12.1. The number of hydrogen-bond donors (Lipinski definition) is 1. The second-order valence-electron chi connectivity index (χ2n) is 5.65. The van der Waals surface area contributed by atoms with E-state index in [9.17, 15) is 4.79 Å². The second kappa shape index (κ2) is 5.26. The smallest absolute Gasteiger partial charge is 0.248 e. The molecule has 1 atom stereocenters. The standard InChI is InChI=1S/C15H18Br2N2O/c1-9-5-6-12(7-10(9)2)11(3)18-19-13(20)14(4)8-15(14,16)17/h5-7H,8H2,1-4H3,(H,19,20)/b18-11+. The summed E-state index contributed by atoms with van der Waals surface area (Å²) in [5.41, 5.74) is 6.52. The van der Waals surface area contributed by atoms with E-state index in [4.69, 9.17) is 0 Å². The molecule has 0 radical (unpaired) electrons. The molecule has 2 rings (SSSR count). The van der Waals surface area contributed by atoms with Crippen LogP contribution in [0.25, 0.3) is 0 Å². The van der Waals surface area contributed by atoms with E-state index in [1.54, 1.807) is 0 Å². The Bertz CT molecular complexity index is 596. The van der Waals surface area contributed by atoms with E-state index in [0.717, 1.165) is 17.7 Å². The van der Waals surface area contributed by atoms with Crippen LogP contribution >= 0.6 is 31.9 Å². The molecule has 1 aromatic rings. The van der Waals surface area contributed by atoms with Gasteiger partial charge in [0, 0.05) is 0 Å². The Balaban J connectivity index is 2.08. The lowest BCUT2D eigenvalue weighted by Crippen LogP contribution is -2.30. The molecule has 0 heterocycles. The number of carbonyl (C=O) groups is 1. The quantitative estimate of drug-likeness (QED) is 0.463. The number of rotatable bonds is 3. The molecule has 20 heavy (non-hydrogen) atoms. The van der Waals surface area contributed by atoms with Crippen LogP contribution in [0.2, 0.25) is 0 Å². The number of benzene rings is 1. The van der Waals surface area contributed by atoms with Gasteiger partial charge in [-0.15, -0.1) is 0 Å². The molecule has 1 unspecified atom stereocenters. The van der Waals surface area contributed by atoms with Gasteiger partial charge < -0.3 is 0 Å². The van der Waals surface area contributed by atoms with Gasteiger partial charge in [0.25, 0.3) is 0 Å². The minimum absolute atomic E-state index is 0.0746. The Morgan fingerprint density at radius 3 is 2.40 bits per heavy atom. The number of carbonyl (C=O) groups excluding carboxylic acids is 1. The number of halogens is 2. The van der Waals surface area contributed by atoms with E-state index < -0.39 is 5.41 Å². The molecule has 5 heteroatoms. The van der Waals surface area contributed by atoms with Crippen molar-refractivity contribution >= 4 is 43.5 Å². The van der Waals surface area contributed by atoms with E-state index in [0.29, 0.717) is 0 Å². The first-order valence-corrected chi connectivity index (χ1v) is 8.06. The van der Waals surface area contributed by atoms with Crippen molar-refractivity contribution in [3.63, 3.8) is 0 Å². The van der Waals surface area contributed by atoms with Crippen LogP contribution in [0.5, 0.6) is 0 Å². The van der Waals surface area contributed by atoms with Crippen LogP contribution < -0.4 is 5.43 Å². The highest BCUT2D eigenvalue weighted by atomic mass is 79.9. The van der Waals surface area contributed by atoms with Gasteiger partial charge in [-0.1, -0.05) is 44.0 Å². The van der Waals surface area contributed by atoms with Crippen LogP contribution in [-0.4, -0.2) is 14.9 Å². The minimum Gasteiger partial charge on any atom is -0.272 e. The highest BCUT2D eigenvalue weighted by Crippen LogP contribution is 2.66. The van der Waals surface area contributed by atoms with Gasteiger partial charge >= 0.3 is 0 Å². The molecule has 0 saturated heterocycles. The maximum atomic E-state index is 12.1. The van der Waals surface area contributed by atoms with Gasteiger partial charge in [0.15, 0.2) is 0 Å². The Hall–Kier alpha value is -0.680. The van der Waals surface area contributed by atoms with Crippen molar-refractivity contribution in [2.45, 2.75) is 37.3 Å². The fourth-order valence-electron chi connectivity index (χ4n) is 1.94. The van der Waals surface area contributed by atoms with Crippen LogP contribution in [0.1, 0.15) is 37.0 Å². The van der Waals surface area contributed by atoms with Gasteiger partial charge in [-0.25, -0.2) is 5.43 Å². The number of alkyl halides is 2. The fraction of sp³-hybridized carbons (Fsp3) is 0.467. The maximum absolute atomic E-state index is 12.1. The van der Waals surface area contributed by atoms with Gasteiger partial charge in [0.2, 0.25) is 5.91 Å². The highest BCUT2D eigenvalue weighted by molar-refractivity contribution is 9.25. The van der Waals surface area contributed by atoms with Crippen molar-refractivity contribution in [1.29, 1.82) is 0 Å². The molecule has 0 aromatic heterocycles. The average Bonchev–Trinajstić information content (AvgIpc) is 2.90. The number of nitrogens with one attached hydrogen (secondary N) is 1. The van der Waals surface area contributed by atoms with Gasteiger partial charge in [0.05, 0.1) is 14.4 Å². The molecule has 3 nitrogen and oxygen atoms in total. The van der Waals surface area contributed by atoms with Crippen molar-refractivity contribution in [2.75, 3.05) is 0 Å². The summed E-state index contributed by atoms with van der Waals surface area (Å²) in [6, 6.07) is 6.17. The molecule has 0 bridgehead atoms. The Labute approximate surface area is 136 Å². The van der Waals surface area contributed by atoms with Crippen LogP contribution in [0.15, 0.2) is 23.3 Å². The van der Waals surface area contributed by atoms with Gasteiger partial charge in [-0.2, -0.15) is 5.10 Å². The number of hydrazone groups is 1. The monoisotopic (exact) mass is 400 g/mol. The second-order valence-corrected chi connectivity index (χ2v) is 9.42. The van der Waals surface area contributed by atoms with Gasteiger partial charge in [-0.3, -0.25) is 4.79 Å². The topological polar surface area (TPSA) is 41.5 Å². The molecular weight excluding hydrogens is 384 g/mol. The number of aryl methyl sites for hydroxylation is 2. The van der Waals surface area contributed by atoms with E-state index >= 15 is 0 Å². The van der Waals surface area contributed by atoms with Crippen LogP contribution in [0.4, 0.5) is 0 Å². The van der Waals surface area contributed by atoms with E-state index in [2.05, 4.69) is 68.4 Å². The molecule has 1 aliphatic rings. The molecule has 0 spiro atoms. The summed E-state index contributed by atoms with van der Waals surface area (Å²) in [5, 5.41) is 4.21. The SMILES string of the molecule is C/C(=N\NC(=O)C1(C)CC1(Br)Br)c1ccc(C)c(C)c1. The number of amides is 1. The summed E-state index contributed by atoms with van der Waals surface area (Å²) >= 11 is 6.97. The zero-order chi connectivity index (χ0) is 15.1. The first kappa shape index (κ1) is 15.7.